The Morgan fingerprint density at radius 2 is 1.57 bits per heavy atom. The van der Waals surface area contributed by atoms with E-state index in [2.05, 4.69) is 42.3 Å². The maximum absolute atomic E-state index is 12.7. The third-order valence-corrected chi connectivity index (χ3v) is 4.96. The number of benzene rings is 2. The Kier molecular flexibility index (Phi) is 6.45. The predicted molar refractivity (Wildman–Crippen MR) is 116 cm³/mol. The first-order valence-electron chi connectivity index (χ1n) is 10.1. The van der Waals surface area contributed by atoms with E-state index in [1.165, 1.54) is 5.69 Å². The lowest BCUT2D eigenvalue weighted by Gasteiger charge is -2.36. The van der Waals surface area contributed by atoms with Gasteiger partial charge in [-0.2, -0.15) is 0 Å². The minimum absolute atomic E-state index is 0.0200. The number of nitrogens with zero attached hydrogens (tertiary/aromatic N) is 2. The van der Waals surface area contributed by atoms with Gasteiger partial charge in [-0.05, 0) is 55.7 Å². The van der Waals surface area contributed by atoms with Crippen molar-refractivity contribution >= 4 is 17.4 Å². The van der Waals surface area contributed by atoms with Gasteiger partial charge in [-0.25, -0.2) is 4.79 Å². The van der Waals surface area contributed by atoms with Gasteiger partial charge in [0.25, 0.3) is 0 Å². The lowest BCUT2D eigenvalue weighted by Crippen LogP contribution is -2.50. The summed E-state index contributed by atoms with van der Waals surface area (Å²) in [5, 5.41) is 3.09. The minimum Gasteiger partial charge on any atom is -0.491 e. The standard InChI is InChI=1S/C23H31N3O2/c1-17(2)21-7-5-6-8-22(21)24-23(27)26-15-13-25(14-16-26)19-9-11-20(12-10-19)28-18(3)4/h5-12,17-18H,13-16H2,1-4H3,(H,24,27). The van der Waals surface area contributed by atoms with E-state index in [-0.39, 0.29) is 12.1 Å². The fourth-order valence-corrected chi connectivity index (χ4v) is 3.48. The van der Waals surface area contributed by atoms with Crippen molar-refractivity contribution in [2.24, 2.45) is 0 Å². The van der Waals surface area contributed by atoms with Gasteiger partial charge in [0, 0.05) is 37.6 Å². The highest BCUT2D eigenvalue weighted by Crippen LogP contribution is 2.25. The van der Waals surface area contributed by atoms with Crippen LogP contribution in [0, 0.1) is 0 Å². The normalized spacial score (nSPS) is 14.5. The number of amides is 2. The van der Waals surface area contributed by atoms with Crippen LogP contribution in [0.2, 0.25) is 0 Å². The van der Waals surface area contributed by atoms with Crippen LogP contribution in [-0.4, -0.2) is 43.2 Å². The second-order valence-corrected chi connectivity index (χ2v) is 7.81. The first kappa shape index (κ1) is 20.1. The van der Waals surface area contributed by atoms with Crippen LogP contribution in [0.15, 0.2) is 48.5 Å². The summed E-state index contributed by atoms with van der Waals surface area (Å²) >= 11 is 0. The zero-order valence-electron chi connectivity index (χ0n) is 17.3. The molecule has 1 saturated heterocycles. The molecule has 1 aliphatic rings. The summed E-state index contributed by atoms with van der Waals surface area (Å²) in [4.78, 5) is 16.9. The molecule has 2 aromatic rings. The van der Waals surface area contributed by atoms with E-state index >= 15 is 0 Å². The van der Waals surface area contributed by atoms with E-state index in [0.717, 1.165) is 30.1 Å². The number of carbonyl (C=O) groups is 1. The van der Waals surface area contributed by atoms with Crippen LogP contribution in [-0.2, 0) is 0 Å². The summed E-state index contributed by atoms with van der Waals surface area (Å²) in [7, 11) is 0. The van der Waals surface area contributed by atoms with Gasteiger partial charge in [0.15, 0.2) is 0 Å². The molecule has 0 atom stereocenters. The Labute approximate surface area is 168 Å². The summed E-state index contributed by atoms with van der Waals surface area (Å²) in [5.41, 5.74) is 3.24. The van der Waals surface area contributed by atoms with Crippen molar-refractivity contribution in [3.63, 3.8) is 0 Å². The molecule has 0 spiro atoms. The topological polar surface area (TPSA) is 44.8 Å². The molecular weight excluding hydrogens is 350 g/mol. The van der Waals surface area contributed by atoms with E-state index in [9.17, 15) is 4.79 Å². The second kappa shape index (κ2) is 9.00. The van der Waals surface area contributed by atoms with Crippen LogP contribution >= 0.6 is 0 Å². The van der Waals surface area contributed by atoms with Crippen LogP contribution in [0.1, 0.15) is 39.2 Å². The molecule has 0 unspecified atom stereocenters. The van der Waals surface area contributed by atoms with E-state index in [0.29, 0.717) is 19.0 Å². The number of para-hydroxylation sites is 1. The molecule has 5 nitrogen and oxygen atoms in total. The smallest absolute Gasteiger partial charge is 0.321 e. The zero-order chi connectivity index (χ0) is 20.1. The maximum atomic E-state index is 12.7. The predicted octanol–water partition coefficient (Wildman–Crippen LogP) is 4.95. The molecule has 0 saturated carbocycles. The molecule has 28 heavy (non-hydrogen) atoms. The molecule has 1 N–H and O–H groups in total. The Balaban J connectivity index is 1.56. The van der Waals surface area contributed by atoms with E-state index in [4.69, 9.17) is 4.74 Å². The quantitative estimate of drug-likeness (QED) is 0.797. The monoisotopic (exact) mass is 381 g/mol. The van der Waals surface area contributed by atoms with Gasteiger partial charge in [-0.15, -0.1) is 0 Å². The number of nitrogens with one attached hydrogen (secondary N) is 1. The van der Waals surface area contributed by atoms with E-state index in [1.807, 2.05) is 49.1 Å². The van der Waals surface area contributed by atoms with Crippen molar-refractivity contribution in [3.8, 4) is 5.75 Å². The number of ether oxygens (including phenoxy) is 1. The summed E-state index contributed by atoms with van der Waals surface area (Å²) < 4.78 is 5.71. The number of piperazine rings is 1. The van der Waals surface area contributed by atoms with E-state index < -0.39 is 0 Å². The third kappa shape index (κ3) is 4.97. The molecule has 150 valence electrons. The lowest BCUT2D eigenvalue weighted by atomic mass is 10.0. The van der Waals surface area contributed by atoms with Gasteiger partial charge in [0.1, 0.15) is 5.75 Å². The third-order valence-electron chi connectivity index (χ3n) is 4.96. The summed E-state index contributed by atoms with van der Waals surface area (Å²) in [6.45, 7) is 11.4. The molecule has 1 heterocycles. The van der Waals surface area contributed by atoms with Crippen LogP contribution in [0.3, 0.4) is 0 Å². The summed E-state index contributed by atoms with van der Waals surface area (Å²) in [6.07, 6.45) is 0.175. The van der Waals surface area contributed by atoms with Gasteiger partial charge in [-0.1, -0.05) is 32.0 Å². The fourth-order valence-electron chi connectivity index (χ4n) is 3.48. The number of anilines is 2. The largest absolute Gasteiger partial charge is 0.491 e. The lowest BCUT2D eigenvalue weighted by molar-refractivity contribution is 0.208. The van der Waals surface area contributed by atoms with Gasteiger partial charge in [0.05, 0.1) is 6.10 Å². The SMILES string of the molecule is CC(C)Oc1ccc(N2CCN(C(=O)Nc3ccccc3C(C)C)CC2)cc1. The molecule has 1 aliphatic heterocycles. The first-order chi connectivity index (χ1) is 13.4. The van der Waals surface area contributed by atoms with Crippen molar-refractivity contribution < 1.29 is 9.53 Å². The highest BCUT2D eigenvalue weighted by molar-refractivity contribution is 5.90. The first-order valence-corrected chi connectivity index (χ1v) is 10.1. The fraction of sp³-hybridized carbons (Fsp3) is 0.435. The van der Waals surface area contributed by atoms with Crippen molar-refractivity contribution in [1.29, 1.82) is 0 Å². The molecule has 0 radical (unpaired) electrons. The molecule has 1 fully saturated rings. The van der Waals surface area contributed by atoms with Crippen molar-refractivity contribution in [2.75, 3.05) is 36.4 Å². The summed E-state index contributed by atoms with van der Waals surface area (Å²) in [5.74, 6) is 1.26. The highest BCUT2D eigenvalue weighted by atomic mass is 16.5. The van der Waals surface area contributed by atoms with Gasteiger partial charge >= 0.3 is 6.03 Å². The van der Waals surface area contributed by atoms with Crippen LogP contribution < -0.4 is 15.0 Å². The van der Waals surface area contributed by atoms with Crippen LogP contribution in [0.5, 0.6) is 5.75 Å². The Hall–Kier alpha value is -2.69. The van der Waals surface area contributed by atoms with Crippen molar-refractivity contribution in [3.05, 3.63) is 54.1 Å². The average molecular weight is 382 g/mol. The highest BCUT2D eigenvalue weighted by Gasteiger charge is 2.22. The van der Waals surface area contributed by atoms with Crippen molar-refractivity contribution in [1.82, 2.24) is 4.90 Å². The summed E-state index contributed by atoms with van der Waals surface area (Å²) in [6, 6.07) is 16.2. The maximum Gasteiger partial charge on any atom is 0.321 e. The molecule has 3 rings (SSSR count). The molecule has 0 aromatic heterocycles. The van der Waals surface area contributed by atoms with Crippen LogP contribution in [0.4, 0.5) is 16.2 Å². The average Bonchev–Trinajstić information content (AvgIpc) is 2.68. The van der Waals surface area contributed by atoms with Gasteiger partial charge in [0.2, 0.25) is 0 Å². The van der Waals surface area contributed by atoms with Gasteiger partial charge < -0.3 is 19.9 Å². The molecule has 2 amide bonds. The minimum atomic E-state index is -0.0200. The Bertz CT molecular complexity index is 779. The molecule has 2 aromatic carbocycles. The Morgan fingerprint density at radius 1 is 0.929 bits per heavy atom. The second-order valence-electron chi connectivity index (χ2n) is 7.81. The van der Waals surface area contributed by atoms with Gasteiger partial charge in [-0.3, -0.25) is 0 Å². The number of carbonyl (C=O) groups excluding carboxylic acids is 1. The molecular formula is C23H31N3O2. The van der Waals surface area contributed by atoms with E-state index in [1.54, 1.807) is 0 Å². The number of rotatable bonds is 5. The molecule has 0 aliphatic carbocycles. The Morgan fingerprint density at radius 3 is 2.18 bits per heavy atom. The number of urea groups is 1. The van der Waals surface area contributed by atoms with Crippen LogP contribution in [0.25, 0.3) is 0 Å². The van der Waals surface area contributed by atoms with Crippen molar-refractivity contribution in [2.45, 2.75) is 39.7 Å². The molecule has 5 heteroatoms. The zero-order valence-corrected chi connectivity index (χ0v) is 17.3. The molecule has 0 bridgehead atoms. The number of hydrogen-bond donors (Lipinski definition) is 1. The number of hydrogen-bond acceptors (Lipinski definition) is 3.